The fraction of sp³-hybridized carbons (Fsp3) is 0.176. The molecule has 0 radical (unpaired) electrons. The molecule has 0 aliphatic carbocycles. The average molecular weight is 554 g/mol. The van der Waals surface area contributed by atoms with E-state index in [1.165, 1.54) is 16.7 Å². The van der Waals surface area contributed by atoms with Gasteiger partial charge in [-0.2, -0.15) is 0 Å². The molecule has 0 saturated carbocycles. The number of aryl methyl sites for hydroxylation is 2. The molecule has 0 fully saturated rings. The standard InChI is InChI=1S/C34H31N7O/c1-20-19-42-13-11-27(20)23-4-7-29-28(16-23)32(15-22(3)37-29)39-26-6-9-31(36-18-26)34-40-30-8-5-24(17-33(30)41-34)38-25-10-12-35-21(2)14-25/h4-10,12,14-18H,11,13,19H2,1-3H3,(H,35,38)(H,37,39)(H,40,41). The van der Waals surface area contributed by atoms with E-state index in [1.54, 1.807) is 6.20 Å². The topological polar surface area (TPSA) is 101 Å². The van der Waals surface area contributed by atoms with E-state index in [1.807, 2.05) is 56.4 Å². The Kier molecular flexibility index (Phi) is 6.60. The summed E-state index contributed by atoms with van der Waals surface area (Å²) in [5, 5.41) is 8.10. The third-order valence-electron chi connectivity index (χ3n) is 7.57. The van der Waals surface area contributed by atoms with Crippen LogP contribution in [0.3, 0.4) is 0 Å². The molecular weight excluding hydrogens is 522 g/mol. The van der Waals surface area contributed by atoms with Crippen LogP contribution in [-0.2, 0) is 4.74 Å². The Bertz CT molecular complexity index is 1970. The van der Waals surface area contributed by atoms with Crippen LogP contribution in [0, 0.1) is 13.8 Å². The van der Waals surface area contributed by atoms with Gasteiger partial charge in [-0.3, -0.25) is 15.0 Å². The lowest BCUT2D eigenvalue weighted by Crippen LogP contribution is -2.08. The molecule has 0 atom stereocenters. The molecular formula is C34H31N7O. The molecule has 0 saturated heterocycles. The van der Waals surface area contributed by atoms with Gasteiger partial charge in [0.05, 0.1) is 41.6 Å². The van der Waals surface area contributed by atoms with Crippen LogP contribution in [0.4, 0.5) is 22.7 Å². The van der Waals surface area contributed by atoms with Crippen molar-refractivity contribution in [3.05, 3.63) is 102 Å². The molecule has 5 heterocycles. The number of imidazole rings is 1. The van der Waals surface area contributed by atoms with Crippen molar-refractivity contribution in [1.82, 2.24) is 24.9 Å². The van der Waals surface area contributed by atoms with Crippen molar-refractivity contribution < 1.29 is 4.74 Å². The van der Waals surface area contributed by atoms with Gasteiger partial charge in [-0.25, -0.2) is 4.98 Å². The Morgan fingerprint density at radius 1 is 0.762 bits per heavy atom. The van der Waals surface area contributed by atoms with Crippen LogP contribution in [0.2, 0.25) is 0 Å². The van der Waals surface area contributed by atoms with Crippen molar-refractivity contribution in [3.8, 4) is 11.5 Å². The number of rotatable bonds is 6. The fourth-order valence-electron chi connectivity index (χ4n) is 5.50. The highest BCUT2D eigenvalue weighted by Crippen LogP contribution is 2.33. The van der Waals surface area contributed by atoms with E-state index >= 15 is 0 Å². The first kappa shape index (κ1) is 25.9. The zero-order valence-electron chi connectivity index (χ0n) is 23.8. The van der Waals surface area contributed by atoms with Crippen LogP contribution in [0.25, 0.3) is 39.0 Å². The summed E-state index contributed by atoms with van der Waals surface area (Å²) < 4.78 is 5.63. The average Bonchev–Trinajstić information content (AvgIpc) is 3.41. The van der Waals surface area contributed by atoms with Crippen LogP contribution in [0.1, 0.15) is 30.3 Å². The molecule has 0 spiro atoms. The van der Waals surface area contributed by atoms with Crippen molar-refractivity contribution >= 4 is 50.3 Å². The van der Waals surface area contributed by atoms with Gasteiger partial charge in [0.25, 0.3) is 0 Å². The van der Waals surface area contributed by atoms with Crippen molar-refractivity contribution in [2.75, 3.05) is 23.8 Å². The van der Waals surface area contributed by atoms with Gasteiger partial charge < -0.3 is 20.4 Å². The monoisotopic (exact) mass is 553 g/mol. The number of aromatic amines is 1. The maximum absolute atomic E-state index is 5.63. The third-order valence-corrected chi connectivity index (χ3v) is 7.57. The molecule has 42 heavy (non-hydrogen) atoms. The highest BCUT2D eigenvalue weighted by molar-refractivity contribution is 5.95. The van der Waals surface area contributed by atoms with E-state index < -0.39 is 0 Å². The highest BCUT2D eigenvalue weighted by Gasteiger charge is 2.14. The minimum Gasteiger partial charge on any atom is -0.377 e. The molecule has 6 aromatic rings. The third kappa shape index (κ3) is 5.20. The van der Waals surface area contributed by atoms with E-state index in [2.05, 4.69) is 57.9 Å². The first-order valence-electron chi connectivity index (χ1n) is 14.1. The van der Waals surface area contributed by atoms with Gasteiger partial charge >= 0.3 is 0 Å². The maximum Gasteiger partial charge on any atom is 0.157 e. The second kappa shape index (κ2) is 10.7. The number of H-pyrrole nitrogens is 1. The molecule has 8 nitrogen and oxygen atoms in total. The van der Waals surface area contributed by atoms with Crippen LogP contribution >= 0.6 is 0 Å². The zero-order chi connectivity index (χ0) is 28.6. The summed E-state index contributed by atoms with van der Waals surface area (Å²) in [7, 11) is 0. The second-order valence-electron chi connectivity index (χ2n) is 10.8. The first-order chi connectivity index (χ1) is 20.5. The quantitative estimate of drug-likeness (QED) is 0.193. The molecule has 3 N–H and O–H groups in total. The Morgan fingerprint density at radius 2 is 1.62 bits per heavy atom. The lowest BCUT2D eigenvalue weighted by Gasteiger charge is -2.19. The number of hydrogen-bond donors (Lipinski definition) is 3. The van der Waals surface area contributed by atoms with Crippen molar-refractivity contribution in [3.63, 3.8) is 0 Å². The number of ether oxygens (including phenoxy) is 1. The largest absolute Gasteiger partial charge is 0.377 e. The van der Waals surface area contributed by atoms with E-state index in [9.17, 15) is 0 Å². The number of anilines is 4. The molecule has 1 aliphatic heterocycles. The van der Waals surface area contributed by atoms with E-state index in [0.29, 0.717) is 6.61 Å². The fourth-order valence-corrected chi connectivity index (χ4v) is 5.50. The summed E-state index contributed by atoms with van der Waals surface area (Å²) in [5.41, 5.74) is 13.2. The molecule has 0 unspecified atom stereocenters. The van der Waals surface area contributed by atoms with Gasteiger partial charge in [-0.15, -0.1) is 0 Å². The summed E-state index contributed by atoms with van der Waals surface area (Å²) >= 11 is 0. The molecule has 208 valence electrons. The van der Waals surface area contributed by atoms with Crippen LogP contribution in [-0.4, -0.2) is 38.1 Å². The van der Waals surface area contributed by atoms with Gasteiger partial charge in [-0.05, 0) is 105 Å². The lowest BCUT2D eigenvalue weighted by atomic mass is 9.95. The smallest absolute Gasteiger partial charge is 0.157 e. The zero-order valence-corrected chi connectivity index (χ0v) is 23.8. The second-order valence-corrected chi connectivity index (χ2v) is 10.8. The minimum absolute atomic E-state index is 0.692. The molecule has 0 amide bonds. The molecule has 0 bridgehead atoms. The number of nitrogens with one attached hydrogen (secondary N) is 3. The number of pyridine rings is 3. The Balaban J connectivity index is 1.14. The number of hydrogen-bond acceptors (Lipinski definition) is 7. The SMILES string of the molecule is CC1=C(c2ccc3nc(C)cc(Nc4ccc(-c5nc6ccc(Nc7ccnc(C)c7)cc6[nH]5)nc4)c3c2)CCOC1. The Morgan fingerprint density at radius 3 is 2.45 bits per heavy atom. The van der Waals surface area contributed by atoms with Crippen molar-refractivity contribution in [2.45, 2.75) is 27.2 Å². The van der Waals surface area contributed by atoms with Gasteiger partial charge in [0, 0.05) is 40.0 Å². The summed E-state index contributed by atoms with van der Waals surface area (Å²) in [5.74, 6) is 0.725. The number of nitrogens with zero attached hydrogens (tertiary/aromatic N) is 4. The number of benzene rings is 2. The maximum atomic E-state index is 5.63. The normalized spacial score (nSPS) is 13.6. The first-order valence-corrected chi connectivity index (χ1v) is 14.1. The Labute approximate surface area is 243 Å². The van der Waals surface area contributed by atoms with Crippen LogP contribution in [0.15, 0.2) is 84.7 Å². The summed E-state index contributed by atoms with van der Waals surface area (Å²) in [4.78, 5) is 22.0. The van der Waals surface area contributed by atoms with E-state index in [0.717, 1.165) is 80.6 Å². The highest BCUT2D eigenvalue weighted by atomic mass is 16.5. The van der Waals surface area contributed by atoms with E-state index in [4.69, 9.17) is 19.7 Å². The predicted octanol–water partition coefficient (Wildman–Crippen LogP) is 7.87. The van der Waals surface area contributed by atoms with Crippen LogP contribution < -0.4 is 10.6 Å². The summed E-state index contributed by atoms with van der Waals surface area (Å²) in [6.45, 7) is 7.60. The Hall–Kier alpha value is -5.08. The molecule has 4 aromatic heterocycles. The predicted molar refractivity (Wildman–Crippen MR) is 169 cm³/mol. The molecule has 1 aliphatic rings. The van der Waals surface area contributed by atoms with Gasteiger partial charge in [0.15, 0.2) is 5.82 Å². The van der Waals surface area contributed by atoms with E-state index in [-0.39, 0.29) is 0 Å². The molecule has 7 rings (SSSR count). The number of aromatic nitrogens is 5. The summed E-state index contributed by atoms with van der Waals surface area (Å²) in [6.07, 6.45) is 4.57. The summed E-state index contributed by atoms with van der Waals surface area (Å²) in [6, 6.07) is 22.7. The van der Waals surface area contributed by atoms with Gasteiger partial charge in [0.2, 0.25) is 0 Å². The van der Waals surface area contributed by atoms with Gasteiger partial charge in [-0.1, -0.05) is 6.07 Å². The van der Waals surface area contributed by atoms with Gasteiger partial charge in [0.1, 0.15) is 5.69 Å². The van der Waals surface area contributed by atoms with Crippen molar-refractivity contribution in [2.24, 2.45) is 0 Å². The number of fused-ring (bicyclic) bond motifs is 2. The lowest BCUT2D eigenvalue weighted by molar-refractivity contribution is 0.154. The molecule has 8 heteroatoms. The molecule has 2 aromatic carbocycles. The van der Waals surface area contributed by atoms with Crippen molar-refractivity contribution in [1.29, 1.82) is 0 Å². The van der Waals surface area contributed by atoms with Crippen LogP contribution in [0.5, 0.6) is 0 Å². The minimum atomic E-state index is 0.692.